The fraction of sp³-hybridized carbons (Fsp3) is 0.158. The van der Waals surface area contributed by atoms with Crippen molar-refractivity contribution in [2.45, 2.75) is 24.3 Å². The fourth-order valence-corrected chi connectivity index (χ4v) is 4.24. The average molecular weight is 380 g/mol. The van der Waals surface area contributed by atoms with Gasteiger partial charge in [-0.1, -0.05) is 59.8 Å². The van der Waals surface area contributed by atoms with E-state index in [1.807, 2.05) is 18.2 Å². The predicted octanol–water partition coefficient (Wildman–Crippen LogP) is 4.31. The van der Waals surface area contributed by atoms with Crippen molar-refractivity contribution >= 4 is 23.1 Å². The number of benzene rings is 2. The monoisotopic (exact) mass is 379 g/mol. The molecule has 7 heteroatoms. The molecule has 0 saturated heterocycles. The number of nitrogens with zero attached hydrogens (tertiary/aromatic N) is 5. The topological polar surface area (TPSA) is 56.5 Å². The zero-order valence-electron chi connectivity index (χ0n) is 14.2. The lowest BCUT2D eigenvalue weighted by atomic mass is 10.2. The zero-order valence-corrected chi connectivity index (χ0v) is 15.9. The molecule has 0 spiro atoms. The molecule has 0 bridgehead atoms. The Morgan fingerprint density at radius 3 is 2.65 bits per heavy atom. The standard InChI is InChI=1S/C19H17N5S2/c1-14-7-9-17(10-8-14)24-19(21-22-23-24)26-13-16-12-25-18(20-16)11-15-5-3-2-4-6-15/h2-10,12H,11,13H2,1H3. The molecule has 26 heavy (non-hydrogen) atoms. The number of aryl methyl sites for hydroxylation is 1. The molecule has 0 unspecified atom stereocenters. The van der Waals surface area contributed by atoms with E-state index in [1.165, 1.54) is 11.1 Å². The summed E-state index contributed by atoms with van der Waals surface area (Å²) >= 11 is 3.30. The minimum absolute atomic E-state index is 0.748. The summed E-state index contributed by atoms with van der Waals surface area (Å²) in [5, 5.41) is 16.1. The Balaban J connectivity index is 1.42. The van der Waals surface area contributed by atoms with Gasteiger partial charge >= 0.3 is 0 Å². The average Bonchev–Trinajstić information content (AvgIpc) is 3.31. The number of thiazole rings is 1. The van der Waals surface area contributed by atoms with Crippen molar-refractivity contribution in [3.8, 4) is 5.69 Å². The summed E-state index contributed by atoms with van der Waals surface area (Å²) in [7, 11) is 0. The van der Waals surface area contributed by atoms with Crippen molar-refractivity contribution in [3.63, 3.8) is 0 Å². The Hall–Kier alpha value is -2.51. The van der Waals surface area contributed by atoms with Crippen LogP contribution < -0.4 is 0 Å². The molecule has 0 N–H and O–H groups in total. The van der Waals surface area contributed by atoms with Gasteiger partial charge in [-0.2, -0.15) is 4.68 Å². The molecule has 2 aromatic carbocycles. The number of hydrogen-bond donors (Lipinski definition) is 0. The van der Waals surface area contributed by atoms with Gasteiger partial charge in [-0.05, 0) is 35.0 Å². The summed E-state index contributed by atoms with van der Waals surface area (Å²) in [5.74, 6) is 0.748. The van der Waals surface area contributed by atoms with E-state index in [-0.39, 0.29) is 0 Å². The fourth-order valence-electron chi connectivity index (χ4n) is 2.52. The zero-order chi connectivity index (χ0) is 17.8. The minimum atomic E-state index is 0.748. The van der Waals surface area contributed by atoms with E-state index >= 15 is 0 Å². The molecule has 2 heterocycles. The summed E-state index contributed by atoms with van der Waals surface area (Å²) in [6.07, 6.45) is 0.872. The van der Waals surface area contributed by atoms with Crippen LogP contribution in [0.15, 0.2) is 65.1 Å². The second kappa shape index (κ2) is 7.80. The van der Waals surface area contributed by atoms with Crippen molar-refractivity contribution in [2.75, 3.05) is 0 Å². The van der Waals surface area contributed by atoms with E-state index in [0.29, 0.717) is 0 Å². The molecule has 0 aliphatic carbocycles. The Morgan fingerprint density at radius 1 is 1.04 bits per heavy atom. The van der Waals surface area contributed by atoms with E-state index in [0.717, 1.165) is 33.7 Å². The highest BCUT2D eigenvalue weighted by Crippen LogP contribution is 2.24. The molecular formula is C19H17N5S2. The van der Waals surface area contributed by atoms with Gasteiger partial charge in [-0.3, -0.25) is 0 Å². The van der Waals surface area contributed by atoms with Crippen molar-refractivity contribution < 1.29 is 0 Å². The lowest BCUT2D eigenvalue weighted by Gasteiger charge is -2.03. The quantitative estimate of drug-likeness (QED) is 0.467. The maximum Gasteiger partial charge on any atom is 0.214 e. The Morgan fingerprint density at radius 2 is 1.85 bits per heavy atom. The maximum atomic E-state index is 4.74. The second-order valence-electron chi connectivity index (χ2n) is 5.89. The van der Waals surface area contributed by atoms with Crippen LogP contribution in [0.3, 0.4) is 0 Å². The van der Waals surface area contributed by atoms with Crippen LogP contribution in [0.1, 0.15) is 21.8 Å². The van der Waals surface area contributed by atoms with Crippen LogP contribution in [-0.2, 0) is 12.2 Å². The Labute approximate surface area is 160 Å². The molecule has 2 aromatic heterocycles. The van der Waals surface area contributed by atoms with Crippen LogP contribution in [0.4, 0.5) is 0 Å². The van der Waals surface area contributed by atoms with Gasteiger partial charge in [-0.15, -0.1) is 16.4 Å². The summed E-state index contributed by atoms with van der Waals surface area (Å²) in [4.78, 5) is 4.74. The molecule has 0 aliphatic rings. The number of tetrazole rings is 1. The van der Waals surface area contributed by atoms with E-state index in [9.17, 15) is 0 Å². The highest BCUT2D eigenvalue weighted by molar-refractivity contribution is 7.98. The van der Waals surface area contributed by atoms with Gasteiger partial charge in [0, 0.05) is 17.6 Å². The lowest BCUT2D eigenvalue weighted by molar-refractivity contribution is 0.756. The number of rotatable bonds is 6. The molecule has 0 atom stereocenters. The Bertz CT molecular complexity index is 977. The normalized spacial score (nSPS) is 11.0. The summed E-state index contributed by atoms with van der Waals surface area (Å²) < 4.78 is 1.77. The van der Waals surface area contributed by atoms with E-state index in [4.69, 9.17) is 4.98 Å². The molecule has 0 radical (unpaired) electrons. The van der Waals surface area contributed by atoms with E-state index < -0.39 is 0 Å². The molecule has 0 fully saturated rings. The van der Waals surface area contributed by atoms with Crippen molar-refractivity contribution in [3.05, 3.63) is 81.8 Å². The number of thioether (sulfide) groups is 1. The minimum Gasteiger partial charge on any atom is -0.245 e. The summed E-state index contributed by atoms with van der Waals surface area (Å²) in [6.45, 7) is 2.06. The van der Waals surface area contributed by atoms with Crippen LogP contribution in [0, 0.1) is 6.92 Å². The summed E-state index contributed by atoms with van der Waals surface area (Å²) in [5.41, 5.74) is 4.52. The van der Waals surface area contributed by atoms with Gasteiger partial charge in [-0.25, -0.2) is 4.98 Å². The van der Waals surface area contributed by atoms with Crippen molar-refractivity contribution in [1.29, 1.82) is 0 Å². The SMILES string of the molecule is Cc1ccc(-n2nnnc2SCc2csc(Cc3ccccc3)n2)cc1. The van der Waals surface area contributed by atoms with Gasteiger partial charge < -0.3 is 0 Å². The second-order valence-corrected chi connectivity index (χ2v) is 7.78. The number of aromatic nitrogens is 5. The van der Waals surface area contributed by atoms with Crippen LogP contribution in [0.25, 0.3) is 5.69 Å². The van der Waals surface area contributed by atoms with Gasteiger partial charge in [0.05, 0.1) is 16.4 Å². The third kappa shape index (κ3) is 4.00. The first-order valence-electron chi connectivity index (χ1n) is 8.23. The van der Waals surface area contributed by atoms with Gasteiger partial charge in [0.2, 0.25) is 5.16 Å². The number of hydrogen-bond acceptors (Lipinski definition) is 6. The largest absolute Gasteiger partial charge is 0.245 e. The molecule has 4 rings (SSSR count). The van der Waals surface area contributed by atoms with Gasteiger partial charge in [0.15, 0.2) is 0 Å². The summed E-state index contributed by atoms with van der Waals surface area (Å²) in [6, 6.07) is 18.6. The molecule has 5 nitrogen and oxygen atoms in total. The third-order valence-corrected chi connectivity index (χ3v) is 5.72. The van der Waals surface area contributed by atoms with Gasteiger partial charge in [0.1, 0.15) is 0 Å². The molecule has 0 saturated carbocycles. The molecular weight excluding hydrogens is 362 g/mol. The highest BCUT2D eigenvalue weighted by atomic mass is 32.2. The van der Waals surface area contributed by atoms with Crippen LogP contribution in [0.5, 0.6) is 0 Å². The first kappa shape index (κ1) is 16.9. The third-order valence-electron chi connectivity index (χ3n) is 3.87. The molecule has 4 aromatic rings. The maximum absolute atomic E-state index is 4.74. The first-order valence-corrected chi connectivity index (χ1v) is 10.1. The van der Waals surface area contributed by atoms with Crippen LogP contribution >= 0.6 is 23.1 Å². The van der Waals surface area contributed by atoms with Crippen LogP contribution in [-0.4, -0.2) is 25.2 Å². The first-order chi connectivity index (χ1) is 12.8. The van der Waals surface area contributed by atoms with Crippen LogP contribution in [0.2, 0.25) is 0 Å². The smallest absolute Gasteiger partial charge is 0.214 e. The molecule has 0 aliphatic heterocycles. The van der Waals surface area contributed by atoms with Crippen molar-refractivity contribution in [2.24, 2.45) is 0 Å². The van der Waals surface area contributed by atoms with Crippen molar-refractivity contribution in [1.82, 2.24) is 25.2 Å². The molecule has 130 valence electrons. The molecule has 0 amide bonds. The van der Waals surface area contributed by atoms with E-state index in [1.54, 1.807) is 27.8 Å². The predicted molar refractivity (Wildman–Crippen MR) is 105 cm³/mol. The van der Waals surface area contributed by atoms with Gasteiger partial charge in [0.25, 0.3) is 0 Å². The highest BCUT2D eigenvalue weighted by Gasteiger charge is 2.11. The van der Waals surface area contributed by atoms with E-state index in [2.05, 4.69) is 64.2 Å². The Kier molecular flexibility index (Phi) is 5.08. The lowest BCUT2D eigenvalue weighted by Crippen LogP contribution is -1.99.